The smallest absolute Gasteiger partial charge is 0.252 e. The molecule has 3 heterocycles. The number of amides is 1. The van der Waals surface area contributed by atoms with Gasteiger partial charge < -0.3 is 15.0 Å². The van der Waals surface area contributed by atoms with Gasteiger partial charge in [0.05, 0.1) is 17.2 Å². The maximum absolute atomic E-state index is 13.0. The third-order valence-corrected chi connectivity index (χ3v) is 7.23. The van der Waals surface area contributed by atoms with Crippen molar-refractivity contribution < 1.29 is 9.53 Å². The van der Waals surface area contributed by atoms with Crippen LogP contribution in [-0.2, 0) is 11.3 Å². The van der Waals surface area contributed by atoms with E-state index in [9.17, 15) is 4.79 Å². The van der Waals surface area contributed by atoms with Crippen molar-refractivity contribution in [3.63, 3.8) is 0 Å². The first-order valence-electron chi connectivity index (χ1n) is 10.9. The lowest BCUT2D eigenvalue weighted by Gasteiger charge is -2.19. The van der Waals surface area contributed by atoms with E-state index in [0.29, 0.717) is 6.54 Å². The number of carbonyl (C=O) groups is 1. The van der Waals surface area contributed by atoms with Gasteiger partial charge in [-0.25, -0.2) is 0 Å². The van der Waals surface area contributed by atoms with E-state index < -0.39 is 0 Å². The van der Waals surface area contributed by atoms with Crippen LogP contribution in [0.4, 0.5) is 0 Å². The van der Waals surface area contributed by atoms with Crippen molar-refractivity contribution in [2.24, 2.45) is 0 Å². The molecule has 1 aliphatic carbocycles. The minimum Gasteiger partial charge on any atom is -0.378 e. The van der Waals surface area contributed by atoms with Crippen LogP contribution < -0.4 is 5.32 Å². The summed E-state index contributed by atoms with van der Waals surface area (Å²) in [6.07, 6.45) is 3.51. The lowest BCUT2D eigenvalue weighted by Crippen LogP contribution is -2.13. The Morgan fingerprint density at radius 1 is 1.03 bits per heavy atom. The number of hydrogen-bond donors (Lipinski definition) is 2. The lowest BCUT2D eigenvalue weighted by atomic mass is 9.87. The van der Waals surface area contributed by atoms with E-state index in [1.165, 1.54) is 33.0 Å². The second kappa shape index (κ2) is 5.96. The molecule has 2 unspecified atom stereocenters. The zero-order valence-electron chi connectivity index (χ0n) is 16.6. The summed E-state index contributed by atoms with van der Waals surface area (Å²) in [5.74, 6) is 0.301. The molecule has 3 aliphatic rings. The minimum atomic E-state index is 0.0565. The van der Waals surface area contributed by atoms with Crippen molar-refractivity contribution in [2.45, 2.75) is 37.8 Å². The lowest BCUT2D eigenvalue weighted by molar-refractivity contribution is 0.0966. The van der Waals surface area contributed by atoms with E-state index in [1.54, 1.807) is 0 Å². The fraction of sp³-hybridized carbons (Fsp3) is 0.269. The van der Waals surface area contributed by atoms with Crippen LogP contribution in [0.3, 0.4) is 0 Å². The number of hydrogen-bond acceptors (Lipinski definition) is 2. The molecular weight excluding hydrogens is 372 g/mol. The first kappa shape index (κ1) is 16.7. The van der Waals surface area contributed by atoms with Gasteiger partial charge in [0.25, 0.3) is 5.91 Å². The van der Waals surface area contributed by atoms with Crippen LogP contribution in [-0.4, -0.2) is 23.6 Å². The monoisotopic (exact) mass is 394 g/mol. The number of aromatic nitrogens is 1. The summed E-state index contributed by atoms with van der Waals surface area (Å²) < 4.78 is 6.04. The number of fused-ring (bicyclic) bond motifs is 10. The molecule has 1 fully saturated rings. The molecule has 0 bridgehead atoms. The molecule has 4 aromatic rings. The Kier molecular flexibility index (Phi) is 3.31. The van der Waals surface area contributed by atoms with Crippen LogP contribution in [0.2, 0.25) is 0 Å². The van der Waals surface area contributed by atoms with Crippen molar-refractivity contribution in [3.05, 3.63) is 70.8 Å². The summed E-state index contributed by atoms with van der Waals surface area (Å²) in [6, 6.07) is 17.1. The number of ether oxygens (including phenoxy) is 1. The third-order valence-electron chi connectivity index (χ3n) is 7.23. The maximum Gasteiger partial charge on any atom is 0.252 e. The Hall–Kier alpha value is -3.11. The standard InChI is InChI=1S/C26H22N2O2/c29-26-24-19(13-27-26)21-17-9-3-4-10-20(17)28-25(21)23-18(12-14-6-5-11-30-14)15-7-1-2-8-16(15)22(23)24/h1-4,7-10,14,18,28H,5-6,11-13H2,(H,27,29). The van der Waals surface area contributed by atoms with Crippen LogP contribution in [0.15, 0.2) is 48.5 Å². The first-order valence-corrected chi connectivity index (χ1v) is 10.9. The summed E-state index contributed by atoms with van der Waals surface area (Å²) in [5, 5.41) is 5.52. The Bertz CT molecular complexity index is 1360. The molecule has 0 radical (unpaired) electrons. The molecule has 2 N–H and O–H groups in total. The summed E-state index contributed by atoms with van der Waals surface area (Å²) in [4.78, 5) is 16.8. The Morgan fingerprint density at radius 3 is 2.80 bits per heavy atom. The Labute approximate surface area is 174 Å². The predicted octanol–water partition coefficient (Wildman–Crippen LogP) is 5.25. The van der Waals surface area contributed by atoms with Gasteiger partial charge in [-0.2, -0.15) is 0 Å². The number of aromatic amines is 1. The fourth-order valence-electron chi connectivity index (χ4n) is 6.03. The van der Waals surface area contributed by atoms with Gasteiger partial charge in [0, 0.05) is 40.9 Å². The predicted molar refractivity (Wildman–Crippen MR) is 118 cm³/mol. The molecule has 3 aromatic carbocycles. The van der Waals surface area contributed by atoms with Gasteiger partial charge in [-0.3, -0.25) is 4.79 Å². The molecule has 4 heteroatoms. The Balaban J connectivity index is 1.61. The molecule has 7 rings (SSSR count). The summed E-state index contributed by atoms with van der Waals surface area (Å²) in [6.45, 7) is 1.46. The van der Waals surface area contributed by atoms with Crippen molar-refractivity contribution in [3.8, 4) is 11.1 Å². The van der Waals surface area contributed by atoms with E-state index in [-0.39, 0.29) is 17.9 Å². The van der Waals surface area contributed by atoms with Gasteiger partial charge >= 0.3 is 0 Å². The molecule has 2 aliphatic heterocycles. The number of para-hydroxylation sites is 1. The molecule has 1 aromatic heterocycles. The van der Waals surface area contributed by atoms with E-state index >= 15 is 0 Å². The van der Waals surface area contributed by atoms with Gasteiger partial charge in [-0.1, -0.05) is 42.5 Å². The van der Waals surface area contributed by atoms with Gasteiger partial charge in [-0.05, 0) is 47.6 Å². The first-order chi connectivity index (χ1) is 14.8. The maximum atomic E-state index is 13.0. The highest BCUT2D eigenvalue weighted by Gasteiger charge is 2.40. The molecule has 0 spiro atoms. The van der Waals surface area contributed by atoms with E-state index in [1.807, 2.05) is 0 Å². The van der Waals surface area contributed by atoms with E-state index in [4.69, 9.17) is 4.74 Å². The van der Waals surface area contributed by atoms with Crippen molar-refractivity contribution >= 4 is 27.7 Å². The molecule has 0 saturated carbocycles. The van der Waals surface area contributed by atoms with Gasteiger partial charge in [0.15, 0.2) is 0 Å². The van der Waals surface area contributed by atoms with Crippen LogP contribution >= 0.6 is 0 Å². The molecule has 1 amide bonds. The van der Waals surface area contributed by atoms with Gasteiger partial charge in [0.2, 0.25) is 0 Å². The zero-order chi connectivity index (χ0) is 19.8. The van der Waals surface area contributed by atoms with E-state index in [0.717, 1.165) is 48.1 Å². The second-order valence-corrected chi connectivity index (χ2v) is 8.76. The molecule has 4 nitrogen and oxygen atoms in total. The van der Waals surface area contributed by atoms with Crippen LogP contribution in [0.5, 0.6) is 0 Å². The highest BCUT2D eigenvalue weighted by molar-refractivity contribution is 6.19. The molecular formula is C26H22N2O2. The fourth-order valence-corrected chi connectivity index (χ4v) is 6.03. The molecule has 30 heavy (non-hydrogen) atoms. The van der Waals surface area contributed by atoms with Crippen LogP contribution in [0.25, 0.3) is 32.9 Å². The van der Waals surface area contributed by atoms with Crippen molar-refractivity contribution in [1.29, 1.82) is 0 Å². The molecule has 148 valence electrons. The largest absolute Gasteiger partial charge is 0.378 e. The normalized spacial score (nSPS) is 21.8. The SMILES string of the molecule is O=C1NCc2c1c1c(c3[nH]c4ccccc4c23)C(CC2CCCO2)c2ccccc2-1. The minimum absolute atomic E-state index is 0.0565. The van der Waals surface area contributed by atoms with Crippen LogP contribution in [0, 0.1) is 0 Å². The zero-order valence-corrected chi connectivity index (χ0v) is 16.6. The highest BCUT2D eigenvalue weighted by atomic mass is 16.5. The average Bonchev–Trinajstić information content (AvgIpc) is 3.54. The average molecular weight is 394 g/mol. The summed E-state index contributed by atoms with van der Waals surface area (Å²) in [5.41, 5.74) is 9.31. The molecule has 2 atom stereocenters. The Morgan fingerprint density at radius 2 is 1.90 bits per heavy atom. The number of carbonyl (C=O) groups excluding carboxylic acids is 1. The van der Waals surface area contributed by atoms with E-state index in [2.05, 4.69) is 58.8 Å². The van der Waals surface area contributed by atoms with Crippen molar-refractivity contribution in [1.82, 2.24) is 10.3 Å². The topological polar surface area (TPSA) is 54.1 Å². The van der Waals surface area contributed by atoms with Gasteiger partial charge in [-0.15, -0.1) is 0 Å². The van der Waals surface area contributed by atoms with Gasteiger partial charge in [0.1, 0.15) is 0 Å². The summed E-state index contributed by atoms with van der Waals surface area (Å²) in [7, 11) is 0. The van der Waals surface area contributed by atoms with Crippen molar-refractivity contribution in [2.75, 3.05) is 6.61 Å². The number of rotatable bonds is 2. The summed E-state index contributed by atoms with van der Waals surface area (Å²) >= 11 is 0. The third kappa shape index (κ3) is 2.07. The second-order valence-electron chi connectivity index (χ2n) is 8.76. The number of benzene rings is 3. The molecule has 1 saturated heterocycles. The highest BCUT2D eigenvalue weighted by Crippen LogP contribution is 2.54. The number of nitrogens with one attached hydrogen (secondary N) is 2. The van der Waals surface area contributed by atoms with Crippen LogP contribution in [0.1, 0.15) is 52.2 Å². The quantitative estimate of drug-likeness (QED) is 0.488. The number of H-pyrrole nitrogens is 1.